The number of rotatable bonds is 6. The quantitative estimate of drug-likeness (QED) is 0.628. The first-order chi connectivity index (χ1) is 13.4. The molecule has 0 radical (unpaired) electrons. The van der Waals surface area contributed by atoms with E-state index in [0.717, 1.165) is 22.7 Å². The molecule has 0 bridgehead atoms. The molecule has 28 heavy (non-hydrogen) atoms. The lowest BCUT2D eigenvalue weighted by Gasteiger charge is -2.13. The minimum Gasteiger partial charge on any atom is -0.452 e. The van der Waals surface area contributed by atoms with Crippen LogP contribution in [-0.2, 0) is 20.7 Å². The molecule has 0 spiro atoms. The Hall–Kier alpha value is -3.13. The third kappa shape index (κ3) is 4.98. The van der Waals surface area contributed by atoms with Crippen molar-refractivity contribution in [2.24, 2.45) is 0 Å². The number of amides is 1. The van der Waals surface area contributed by atoms with E-state index in [1.807, 2.05) is 30.3 Å². The molecular formula is C20H16F2N2O3S. The molecule has 1 amide bonds. The normalized spacial score (nSPS) is 11.7. The van der Waals surface area contributed by atoms with Crippen molar-refractivity contribution in [1.29, 1.82) is 0 Å². The summed E-state index contributed by atoms with van der Waals surface area (Å²) in [5.74, 6) is -3.02. The van der Waals surface area contributed by atoms with E-state index in [1.54, 1.807) is 5.38 Å². The molecule has 0 fully saturated rings. The maximum atomic E-state index is 13.6. The van der Waals surface area contributed by atoms with Crippen LogP contribution in [0.3, 0.4) is 0 Å². The molecule has 0 aliphatic heterocycles. The summed E-state index contributed by atoms with van der Waals surface area (Å²) in [6.45, 7) is 1.37. The van der Waals surface area contributed by atoms with Crippen LogP contribution in [0.15, 0.2) is 53.9 Å². The lowest BCUT2D eigenvalue weighted by Crippen LogP contribution is -2.30. The number of carbonyl (C=O) groups excluding carboxylic acids is 2. The van der Waals surface area contributed by atoms with Gasteiger partial charge in [-0.3, -0.25) is 9.59 Å². The molecule has 144 valence electrons. The van der Waals surface area contributed by atoms with Crippen LogP contribution in [0, 0.1) is 11.6 Å². The van der Waals surface area contributed by atoms with Crippen molar-refractivity contribution in [2.75, 3.05) is 5.32 Å². The molecular weight excluding hydrogens is 386 g/mol. The van der Waals surface area contributed by atoms with E-state index in [4.69, 9.17) is 4.74 Å². The molecule has 0 aliphatic rings. The van der Waals surface area contributed by atoms with Crippen molar-refractivity contribution >= 4 is 28.9 Å². The number of nitrogens with one attached hydrogen (secondary N) is 1. The average molecular weight is 402 g/mol. The molecule has 1 atom stereocenters. The van der Waals surface area contributed by atoms with E-state index in [0.29, 0.717) is 11.8 Å². The number of esters is 1. The van der Waals surface area contributed by atoms with Crippen LogP contribution in [0.2, 0.25) is 0 Å². The van der Waals surface area contributed by atoms with Crippen molar-refractivity contribution in [2.45, 2.75) is 19.4 Å². The Kier molecular flexibility index (Phi) is 6.10. The maximum Gasteiger partial charge on any atom is 0.312 e. The van der Waals surface area contributed by atoms with Gasteiger partial charge in [-0.15, -0.1) is 11.3 Å². The zero-order valence-corrected chi connectivity index (χ0v) is 15.6. The second kappa shape index (κ2) is 8.71. The van der Waals surface area contributed by atoms with Gasteiger partial charge in [0.1, 0.15) is 16.6 Å². The Balaban J connectivity index is 1.55. The largest absolute Gasteiger partial charge is 0.452 e. The van der Waals surface area contributed by atoms with Crippen LogP contribution in [0.4, 0.5) is 14.5 Å². The highest BCUT2D eigenvalue weighted by molar-refractivity contribution is 7.13. The van der Waals surface area contributed by atoms with Gasteiger partial charge in [-0.05, 0) is 19.1 Å². The number of ether oxygens (including phenoxy) is 1. The maximum absolute atomic E-state index is 13.6. The topological polar surface area (TPSA) is 68.3 Å². The fourth-order valence-corrected chi connectivity index (χ4v) is 3.19. The highest BCUT2D eigenvalue weighted by Crippen LogP contribution is 2.23. The van der Waals surface area contributed by atoms with Crippen molar-refractivity contribution in [3.8, 4) is 10.6 Å². The third-order valence-corrected chi connectivity index (χ3v) is 4.70. The van der Waals surface area contributed by atoms with Gasteiger partial charge in [0, 0.05) is 17.0 Å². The molecule has 1 N–H and O–H groups in total. The smallest absolute Gasteiger partial charge is 0.312 e. The highest BCUT2D eigenvalue weighted by Gasteiger charge is 2.20. The van der Waals surface area contributed by atoms with Crippen LogP contribution in [0.5, 0.6) is 0 Å². The van der Waals surface area contributed by atoms with Crippen LogP contribution in [0.1, 0.15) is 12.6 Å². The van der Waals surface area contributed by atoms with Crippen LogP contribution < -0.4 is 5.32 Å². The van der Waals surface area contributed by atoms with Gasteiger partial charge >= 0.3 is 5.97 Å². The summed E-state index contributed by atoms with van der Waals surface area (Å²) in [7, 11) is 0. The van der Waals surface area contributed by atoms with Gasteiger partial charge in [-0.1, -0.05) is 30.3 Å². The molecule has 0 aliphatic carbocycles. The summed E-state index contributed by atoms with van der Waals surface area (Å²) >= 11 is 1.40. The summed E-state index contributed by atoms with van der Waals surface area (Å²) in [5, 5.41) is 4.79. The minimum absolute atomic E-state index is 0.0914. The summed E-state index contributed by atoms with van der Waals surface area (Å²) in [6, 6.07) is 12.3. The molecule has 1 aromatic heterocycles. The standard InChI is InChI=1S/C20H16F2N2O3S/c1-12(19(26)24-17-8-7-14(21)9-16(17)22)27-18(25)10-15-11-28-20(23-15)13-5-3-2-4-6-13/h2-9,11-12H,10H2,1H3,(H,24,26). The fraction of sp³-hybridized carbons (Fsp3) is 0.150. The predicted octanol–water partition coefficient (Wildman–Crippen LogP) is 4.20. The summed E-state index contributed by atoms with van der Waals surface area (Å²) in [4.78, 5) is 28.5. The number of halogens is 2. The minimum atomic E-state index is -1.15. The fourth-order valence-electron chi connectivity index (χ4n) is 2.37. The first-order valence-electron chi connectivity index (χ1n) is 8.37. The number of hydrogen-bond acceptors (Lipinski definition) is 5. The van der Waals surface area contributed by atoms with Gasteiger partial charge in [0.2, 0.25) is 0 Å². The number of benzene rings is 2. The van der Waals surface area contributed by atoms with E-state index in [2.05, 4.69) is 10.3 Å². The van der Waals surface area contributed by atoms with E-state index >= 15 is 0 Å². The Bertz CT molecular complexity index is 992. The van der Waals surface area contributed by atoms with Gasteiger partial charge in [0.05, 0.1) is 17.8 Å². The predicted molar refractivity (Wildman–Crippen MR) is 102 cm³/mol. The van der Waals surface area contributed by atoms with E-state index in [9.17, 15) is 18.4 Å². The SMILES string of the molecule is CC(OC(=O)Cc1csc(-c2ccccc2)n1)C(=O)Nc1ccc(F)cc1F. The third-order valence-electron chi connectivity index (χ3n) is 3.76. The molecule has 8 heteroatoms. The number of carbonyl (C=O) groups is 2. The Morgan fingerprint density at radius 2 is 1.93 bits per heavy atom. The number of aromatic nitrogens is 1. The number of hydrogen-bond donors (Lipinski definition) is 1. The van der Waals surface area contributed by atoms with Crippen molar-refractivity contribution in [1.82, 2.24) is 4.98 Å². The first kappa shape index (κ1) is 19.6. The number of anilines is 1. The Morgan fingerprint density at radius 1 is 1.18 bits per heavy atom. The molecule has 3 aromatic rings. The van der Waals surface area contributed by atoms with E-state index in [-0.39, 0.29) is 12.1 Å². The molecule has 1 unspecified atom stereocenters. The molecule has 2 aromatic carbocycles. The monoisotopic (exact) mass is 402 g/mol. The lowest BCUT2D eigenvalue weighted by molar-refractivity contribution is -0.152. The van der Waals surface area contributed by atoms with Crippen LogP contribution >= 0.6 is 11.3 Å². The lowest BCUT2D eigenvalue weighted by atomic mass is 10.2. The van der Waals surface area contributed by atoms with Gasteiger partial charge in [0.15, 0.2) is 6.10 Å². The number of thiazole rings is 1. The molecule has 0 saturated carbocycles. The van der Waals surface area contributed by atoms with Crippen LogP contribution in [0.25, 0.3) is 10.6 Å². The van der Waals surface area contributed by atoms with Crippen LogP contribution in [-0.4, -0.2) is 23.0 Å². The Morgan fingerprint density at radius 3 is 2.64 bits per heavy atom. The number of nitrogens with zero attached hydrogens (tertiary/aromatic N) is 1. The van der Waals surface area contributed by atoms with Crippen molar-refractivity contribution in [3.63, 3.8) is 0 Å². The van der Waals surface area contributed by atoms with Gasteiger partial charge in [-0.25, -0.2) is 13.8 Å². The zero-order valence-electron chi connectivity index (χ0n) is 14.8. The second-order valence-corrected chi connectivity index (χ2v) is 6.79. The first-order valence-corrected chi connectivity index (χ1v) is 9.25. The van der Waals surface area contributed by atoms with Gasteiger partial charge in [0.25, 0.3) is 5.91 Å². The molecule has 1 heterocycles. The summed E-state index contributed by atoms with van der Waals surface area (Å²) in [6.07, 6.45) is -1.24. The molecule has 0 saturated heterocycles. The molecule has 5 nitrogen and oxygen atoms in total. The van der Waals surface area contributed by atoms with E-state index < -0.39 is 29.6 Å². The summed E-state index contributed by atoms with van der Waals surface area (Å²) < 4.78 is 31.6. The van der Waals surface area contributed by atoms with E-state index in [1.165, 1.54) is 18.3 Å². The highest BCUT2D eigenvalue weighted by atomic mass is 32.1. The Labute approximate surface area is 164 Å². The zero-order chi connectivity index (χ0) is 20.1. The average Bonchev–Trinajstić information content (AvgIpc) is 3.13. The van der Waals surface area contributed by atoms with Crippen molar-refractivity contribution < 1.29 is 23.1 Å². The second-order valence-electron chi connectivity index (χ2n) is 5.93. The van der Waals surface area contributed by atoms with Crippen molar-refractivity contribution in [3.05, 3.63) is 71.2 Å². The summed E-state index contributed by atoms with van der Waals surface area (Å²) in [5.41, 5.74) is 1.29. The molecule has 3 rings (SSSR count). The van der Waals surface area contributed by atoms with Gasteiger partial charge in [-0.2, -0.15) is 0 Å². The van der Waals surface area contributed by atoms with Gasteiger partial charge < -0.3 is 10.1 Å².